The van der Waals surface area contributed by atoms with Crippen molar-refractivity contribution in [2.24, 2.45) is 0 Å². The van der Waals surface area contributed by atoms with Gasteiger partial charge in [0.05, 0.1) is 11.4 Å². The second-order valence-corrected chi connectivity index (χ2v) is 5.68. The maximum Gasteiger partial charge on any atom is 0.336 e. The molecule has 0 aromatic carbocycles. The highest BCUT2D eigenvalue weighted by Crippen LogP contribution is 2.19. The molecule has 6 nitrogen and oxygen atoms in total. The standard InChI is InChI=1S/C20H22N2O4/c1-5-15-17(9-7-13(3)21-15)25-19(23)11-12-20(24)26-18-10-8-14(4)22-16(18)6-2/h7-12H,5-6H2,1-4H3/b12-11+. The Kier molecular flexibility index (Phi) is 6.60. The Balaban J connectivity index is 2.01. The maximum atomic E-state index is 11.9. The summed E-state index contributed by atoms with van der Waals surface area (Å²) in [5.74, 6) is -0.561. The van der Waals surface area contributed by atoms with Gasteiger partial charge in [-0.2, -0.15) is 0 Å². The van der Waals surface area contributed by atoms with Crippen LogP contribution in [0.2, 0.25) is 0 Å². The van der Waals surface area contributed by atoms with Gasteiger partial charge in [-0.15, -0.1) is 0 Å². The molecule has 26 heavy (non-hydrogen) atoms. The van der Waals surface area contributed by atoms with Gasteiger partial charge in [-0.05, 0) is 51.0 Å². The minimum Gasteiger partial charge on any atom is -0.421 e. The minimum absolute atomic E-state index is 0.386. The van der Waals surface area contributed by atoms with E-state index in [2.05, 4.69) is 9.97 Å². The normalized spacial score (nSPS) is 10.8. The number of pyridine rings is 2. The maximum absolute atomic E-state index is 11.9. The number of aromatic nitrogens is 2. The van der Waals surface area contributed by atoms with Gasteiger partial charge in [-0.25, -0.2) is 9.59 Å². The molecule has 0 fully saturated rings. The van der Waals surface area contributed by atoms with Crippen molar-refractivity contribution in [3.05, 3.63) is 59.2 Å². The molecule has 0 radical (unpaired) electrons. The molecule has 2 rings (SSSR count). The highest BCUT2D eigenvalue weighted by Gasteiger charge is 2.10. The number of carbonyl (C=O) groups is 2. The largest absolute Gasteiger partial charge is 0.421 e. The molecule has 0 saturated heterocycles. The van der Waals surface area contributed by atoms with E-state index < -0.39 is 11.9 Å². The van der Waals surface area contributed by atoms with Crippen LogP contribution in [0.1, 0.15) is 36.6 Å². The van der Waals surface area contributed by atoms with Crippen LogP contribution in [0.5, 0.6) is 11.5 Å². The first-order valence-corrected chi connectivity index (χ1v) is 8.47. The van der Waals surface area contributed by atoms with Gasteiger partial charge in [0.15, 0.2) is 11.5 Å². The molecule has 0 unspecified atom stereocenters. The van der Waals surface area contributed by atoms with E-state index in [-0.39, 0.29) is 0 Å². The molecule has 0 saturated carbocycles. The SMILES string of the molecule is CCc1nc(C)ccc1OC(=O)/C=C/C(=O)Oc1ccc(C)nc1CC. The van der Waals surface area contributed by atoms with Gasteiger partial charge in [-0.3, -0.25) is 9.97 Å². The van der Waals surface area contributed by atoms with Crippen molar-refractivity contribution in [1.82, 2.24) is 9.97 Å². The fourth-order valence-electron chi connectivity index (χ4n) is 2.31. The number of ether oxygens (including phenoxy) is 2. The van der Waals surface area contributed by atoms with Crippen LogP contribution in [0.3, 0.4) is 0 Å². The van der Waals surface area contributed by atoms with Crippen LogP contribution >= 0.6 is 0 Å². The summed E-state index contributed by atoms with van der Waals surface area (Å²) in [4.78, 5) is 32.5. The van der Waals surface area contributed by atoms with Gasteiger partial charge < -0.3 is 9.47 Å². The van der Waals surface area contributed by atoms with Gasteiger partial charge in [0, 0.05) is 23.5 Å². The summed E-state index contributed by atoms with van der Waals surface area (Å²) in [5, 5.41) is 0. The molecule has 2 aromatic heterocycles. The lowest BCUT2D eigenvalue weighted by atomic mass is 10.2. The van der Waals surface area contributed by atoms with Crippen LogP contribution in [0, 0.1) is 13.8 Å². The number of hydrogen-bond acceptors (Lipinski definition) is 6. The third kappa shape index (κ3) is 5.24. The monoisotopic (exact) mass is 354 g/mol. The van der Waals surface area contributed by atoms with Crippen molar-refractivity contribution < 1.29 is 19.1 Å². The fourth-order valence-corrected chi connectivity index (χ4v) is 2.31. The summed E-state index contributed by atoms with van der Waals surface area (Å²) in [6.07, 6.45) is 3.34. The van der Waals surface area contributed by atoms with Gasteiger partial charge in [0.1, 0.15) is 0 Å². The first kappa shape index (κ1) is 19.3. The lowest BCUT2D eigenvalue weighted by Crippen LogP contribution is -2.11. The lowest BCUT2D eigenvalue weighted by Gasteiger charge is -2.08. The van der Waals surface area contributed by atoms with Crippen LogP contribution in [0.15, 0.2) is 36.4 Å². The number of nitrogens with zero attached hydrogens (tertiary/aromatic N) is 2. The first-order valence-electron chi connectivity index (χ1n) is 8.47. The highest BCUT2D eigenvalue weighted by molar-refractivity contribution is 5.93. The minimum atomic E-state index is -0.667. The van der Waals surface area contributed by atoms with E-state index in [9.17, 15) is 9.59 Å². The topological polar surface area (TPSA) is 78.4 Å². The molecule has 2 aromatic rings. The Labute approximate surface area is 152 Å². The van der Waals surface area contributed by atoms with E-state index >= 15 is 0 Å². The molecule has 2 heterocycles. The van der Waals surface area contributed by atoms with Crippen molar-refractivity contribution >= 4 is 11.9 Å². The van der Waals surface area contributed by atoms with Crippen LogP contribution < -0.4 is 9.47 Å². The molecule has 136 valence electrons. The Bertz CT molecular complexity index is 774. The van der Waals surface area contributed by atoms with Crippen LogP contribution in [0.25, 0.3) is 0 Å². The Morgan fingerprint density at radius 2 is 1.19 bits per heavy atom. The number of hydrogen-bond donors (Lipinski definition) is 0. The molecule has 0 amide bonds. The molecule has 0 aliphatic carbocycles. The molecule has 0 N–H and O–H groups in total. The average Bonchev–Trinajstić information content (AvgIpc) is 2.62. The van der Waals surface area contributed by atoms with Gasteiger partial charge in [0.2, 0.25) is 0 Å². The zero-order valence-corrected chi connectivity index (χ0v) is 15.4. The van der Waals surface area contributed by atoms with Crippen molar-refractivity contribution in [2.45, 2.75) is 40.5 Å². The zero-order chi connectivity index (χ0) is 19.1. The quantitative estimate of drug-likeness (QED) is 0.585. The average molecular weight is 354 g/mol. The molecule has 6 heteroatoms. The predicted octanol–water partition coefficient (Wildman–Crippen LogP) is 3.29. The Morgan fingerprint density at radius 3 is 1.54 bits per heavy atom. The lowest BCUT2D eigenvalue weighted by molar-refractivity contribution is -0.131. The summed E-state index contributed by atoms with van der Waals surface area (Å²) in [7, 11) is 0. The summed E-state index contributed by atoms with van der Waals surface area (Å²) in [5.41, 5.74) is 3.07. The molecular weight excluding hydrogens is 332 g/mol. The van der Waals surface area contributed by atoms with Crippen LogP contribution in [0.4, 0.5) is 0 Å². The van der Waals surface area contributed by atoms with E-state index in [1.807, 2.05) is 27.7 Å². The molecule has 0 atom stereocenters. The third-order valence-corrected chi connectivity index (χ3v) is 3.59. The highest BCUT2D eigenvalue weighted by atomic mass is 16.5. The molecule has 0 aliphatic heterocycles. The van der Waals surface area contributed by atoms with Crippen molar-refractivity contribution in [1.29, 1.82) is 0 Å². The molecular formula is C20H22N2O4. The van der Waals surface area contributed by atoms with Gasteiger partial charge in [-0.1, -0.05) is 13.8 Å². The number of carbonyl (C=O) groups excluding carboxylic acids is 2. The van der Waals surface area contributed by atoms with Gasteiger partial charge in [0.25, 0.3) is 0 Å². The van der Waals surface area contributed by atoms with E-state index in [1.165, 1.54) is 0 Å². The fraction of sp³-hybridized carbons (Fsp3) is 0.300. The van der Waals surface area contributed by atoms with Gasteiger partial charge >= 0.3 is 11.9 Å². The number of esters is 2. The van der Waals surface area contributed by atoms with Crippen molar-refractivity contribution in [3.63, 3.8) is 0 Å². The van der Waals surface area contributed by atoms with Crippen LogP contribution in [-0.2, 0) is 22.4 Å². The molecule has 0 spiro atoms. The second-order valence-electron chi connectivity index (χ2n) is 5.68. The third-order valence-electron chi connectivity index (χ3n) is 3.59. The predicted molar refractivity (Wildman–Crippen MR) is 97.1 cm³/mol. The second kappa shape index (κ2) is 8.89. The van der Waals surface area contributed by atoms with E-state index in [1.54, 1.807) is 24.3 Å². The van der Waals surface area contributed by atoms with Crippen molar-refractivity contribution in [2.75, 3.05) is 0 Å². The van der Waals surface area contributed by atoms with E-state index in [0.29, 0.717) is 35.7 Å². The van der Waals surface area contributed by atoms with E-state index in [4.69, 9.17) is 9.47 Å². The van der Waals surface area contributed by atoms with Crippen molar-refractivity contribution in [3.8, 4) is 11.5 Å². The molecule has 0 aliphatic rings. The Morgan fingerprint density at radius 1 is 0.808 bits per heavy atom. The molecule has 0 bridgehead atoms. The summed E-state index contributed by atoms with van der Waals surface area (Å²) in [6.45, 7) is 7.58. The Hall–Kier alpha value is -3.02. The smallest absolute Gasteiger partial charge is 0.336 e. The number of aryl methyl sites for hydroxylation is 4. The van der Waals surface area contributed by atoms with E-state index in [0.717, 1.165) is 23.5 Å². The first-order chi connectivity index (χ1) is 12.4. The summed E-state index contributed by atoms with van der Waals surface area (Å²) in [6, 6.07) is 6.90. The zero-order valence-electron chi connectivity index (χ0n) is 15.4. The van der Waals surface area contributed by atoms with Crippen LogP contribution in [-0.4, -0.2) is 21.9 Å². The number of rotatable bonds is 6. The summed E-state index contributed by atoms with van der Waals surface area (Å²) >= 11 is 0. The summed E-state index contributed by atoms with van der Waals surface area (Å²) < 4.78 is 10.5.